The van der Waals surface area contributed by atoms with Crippen LogP contribution in [-0.4, -0.2) is 21.4 Å². The predicted molar refractivity (Wildman–Crippen MR) is 70.3 cm³/mol. The van der Waals surface area contributed by atoms with Crippen molar-refractivity contribution in [3.05, 3.63) is 28.5 Å². The molecule has 1 amide bonds. The summed E-state index contributed by atoms with van der Waals surface area (Å²) in [5.41, 5.74) is 5.11. The molecule has 0 radical (unpaired) electrons. The molecule has 0 unspecified atom stereocenters. The highest BCUT2D eigenvalue weighted by atomic mass is 79.9. The Labute approximate surface area is 108 Å². The number of amides is 1. The van der Waals surface area contributed by atoms with Crippen LogP contribution in [0, 0.1) is 0 Å². The number of nitrogens with one attached hydrogen (secondary N) is 1. The summed E-state index contributed by atoms with van der Waals surface area (Å²) in [6.45, 7) is 3.48. The lowest BCUT2D eigenvalue weighted by molar-refractivity contribution is 0.0927. The summed E-state index contributed by atoms with van der Waals surface area (Å²) in [7, 11) is 0. The molecule has 6 heteroatoms. The molecule has 0 saturated carbocycles. The summed E-state index contributed by atoms with van der Waals surface area (Å²) in [5, 5.41) is 2.71. The maximum Gasteiger partial charge on any atom is 0.270 e. The van der Waals surface area contributed by atoms with Gasteiger partial charge in [-0.05, 0) is 41.9 Å². The van der Waals surface area contributed by atoms with Gasteiger partial charge in [0, 0.05) is 10.7 Å². The Morgan fingerprint density at radius 2 is 2.19 bits per heavy atom. The number of hydrogen-bond acceptors (Lipinski definition) is 3. The van der Waals surface area contributed by atoms with Gasteiger partial charge in [-0.1, -0.05) is 12.2 Å². The van der Waals surface area contributed by atoms with Gasteiger partial charge in [0.15, 0.2) is 0 Å². The zero-order valence-corrected chi connectivity index (χ0v) is 11.4. The van der Waals surface area contributed by atoms with Gasteiger partial charge < -0.3 is 11.1 Å². The van der Waals surface area contributed by atoms with Crippen LogP contribution < -0.4 is 11.1 Å². The Kier molecular flexibility index (Phi) is 3.98. The number of carbonyl (C=O) groups is 1. The normalized spacial score (nSPS) is 10.9. The predicted octanol–water partition coefficient (Wildman–Crippen LogP) is 1.64. The molecule has 1 aromatic rings. The Balaban J connectivity index is 2.81. The number of pyridine rings is 1. The van der Waals surface area contributed by atoms with Crippen LogP contribution in [0.4, 0.5) is 0 Å². The van der Waals surface area contributed by atoms with Crippen molar-refractivity contribution in [1.82, 2.24) is 10.3 Å². The summed E-state index contributed by atoms with van der Waals surface area (Å²) >= 11 is 8.10. The lowest BCUT2D eigenvalue weighted by Gasteiger charge is -2.24. The van der Waals surface area contributed by atoms with Crippen LogP contribution in [0.15, 0.2) is 22.8 Å². The highest BCUT2D eigenvalue weighted by Crippen LogP contribution is 2.09. The van der Waals surface area contributed by atoms with E-state index in [1.54, 1.807) is 32.2 Å². The van der Waals surface area contributed by atoms with Crippen molar-refractivity contribution in [1.29, 1.82) is 0 Å². The molecule has 0 saturated heterocycles. The maximum atomic E-state index is 11.8. The number of nitrogens with zero attached hydrogens (tertiary/aromatic N) is 1. The van der Waals surface area contributed by atoms with Gasteiger partial charge in [0.25, 0.3) is 5.91 Å². The third-order valence-electron chi connectivity index (χ3n) is 2.00. The van der Waals surface area contributed by atoms with Gasteiger partial charge in [-0.15, -0.1) is 0 Å². The van der Waals surface area contributed by atoms with Gasteiger partial charge in [0.1, 0.15) is 5.69 Å². The first-order chi connectivity index (χ1) is 7.33. The molecule has 0 aliphatic heterocycles. The standard InChI is InChI=1S/C10H12BrN3OS/c1-10(2,9(12)16)14-8(15)7-4-3-6(11)5-13-7/h3-5H,1-2H3,(H2,12,16)(H,14,15). The third-order valence-corrected chi connectivity index (χ3v) is 2.98. The molecular formula is C10H12BrN3OS. The van der Waals surface area contributed by atoms with E-state index in [1.165, 1.54) is 0 Å². The quantitative estimate of drug-likeness (QED) is 0.833. The van der Waals surface area contributed by atoms with Crippen molar-refractivity contribution < 1.29 is 4.79 Å². The summed E-state index contributed by atoms with van der Waals surface area (Å²) in [4.78, 5) is 16.0. The summed E-state index contributed by atoms with van der Waals surface area (Å²) in [6, 6.07) is 3.37. The average molecular weight is 302 g/mol. The van der Waals surface area contributed by atoms with Crippen LogP contribution in [0.5, 0.6) is 0 Å². The SMILES string of the molecule is CC(C)(NC(=O)c1ccc(Br)cn1)C(N)=S. The topological polar surface area (TPSA) is 68.0 Å². The van der Waals surface area contributed by atoms with E-state index in [1.807, 2.05) is 0 Å². The lowest BCUT2D eigenvalue weighted by Crippen LogP contribution is -2.52. The van der Waals surface area contributed by atoms with Crippen molar-refractivity contribution >= 4 is 39.0 Å². The fourth-order valence-electron chi connectivity index (χ4n) is 0.920. The van der Waals surface area contributed by atoms with E-state index in [4.69, 9.17) is 18.0 Å². The number of thiocarbonyl (C=S) groups is 1. The van der Waals surface area contributed by atoms with E-state index < -0.39 is 5.54 Å². The molecule has 3 N–H and O–H groups in total. The molecule has 0 aliphatic carbocycles. The van der Waals surface area contributed by atoms with Crippen molar-refractivity contribution in [3.8, 4) is 0 Å². The summed E-state index contributed by atoms with van der Waals surface area (Å²) in [6.07, 6.45) is 1.56. The van der Waals surface area contributed by atoms with Crippen LogP contribution in [0.25, 0.3) is 0 Å². The maximum absolute atomic E-state index is 11.8. The smallest absolute Gasteiger partial charge is 0.270 e. The molecule has 1 heterocycles. The summed E-state index contributed by atoms with van der Waals surface area (Å²) < 4.78 is 0.817. The Morgan fingerprint density at radius 3 is 2.62 bits per heavy atom. The van der Waals surface area contributed by atoms with Crippen LogP contribution >= 0.6 is 28.1 Å². The zero-order valence-electron chi connectivity index (χ0n) is 8.95. The third kappa shape index (κ3) is 3.24. The Hall–Kier alpha value is -1.01. The summed E-state index contributed by atoms with van der Waals surface area (Å²) in [5.74, 6) is -0.301. The van der Waals surface area contributed by atoms with Crippen LogP contribution in [0.1, 0.15) is 24.3 Å². The second kappa shape index (κ2) is 4.88. The average Bonchev–Trinajstić information content (AvgIpc) is 2.17. The second-order valence-electron chi connectivity index (χ2n) is 3.81. The van der Waals surface area contributed by atoms with E-state index in [0.717, 1.165) is 4.47 Å². The molecule has 1 aromatic heterocycles. The van der Waals surface area contributed by atoms with E-state index >= 15 is 0 Å². The molecule has 1 rings (SSSR count). The van der Waals surface area contributed by atoms with E-state index in [2.05, 4.69) is 26.2 Å². The van der Waals surface area contributed by atoms with Gasteiger partial charge in [0.2, 0.25) is 0 Å². The van der Waals surface area contributed by atoms with Crippen molar-refractivity contribution in [2.75, 3.05) is 0 Å². The molecule has 0 bridgehead atoms. The number of aromatic nitrogens is 1. The number of halogens is 1. The van der Waals surface area contributed by atoms with Crippen molar-refractivity contribution in [2.45, 2.75) is 19.4 Å². The minimum Gasteiger partial charge on any atom is -0.391 e. The molecule has 86 valence electrons. The monoisotopic (exact) mass is 301 g/mol. The fraction of sp³-hybridized carbons (Fsp3) is 0.300. The van der Waals surface area contributed by atoms with E-state index in [-0.39, 0.29) is 10.9 Å². The fourth-order valence-corrected chi connectivity index (χ4v) is 1.21. The minimum absolute atomic E-state index is 0.234. The largest absolute Gasteiger partial charge is 0.391 e. The van der Waals surface area contributed by atoms with Crippen LogP contribution in [-0.2, 0) is 0 Å². The van der Waals surface area contributed by atoms with Gasteiger partial charge in [0.05, 0.1) is 10.5 Å². The first-order valence-electron chi connectivity index (χ1n) is 4.57. The highest BCUT2D eigenvalue weighted by Gasteiger charge is 2.24. The number of rotatable bonds is 3. The first-order valence-corrected chi connectivity index (χ1v) is 5.77. The van der Waals surface area contributed by atoms with Gasteiger partial charge in [-0.2, -0.15) is 0 Å². The first kappa shape index (κ1) is 13.1. The lowest BCUT2D eigenvalue weighted by atomic mass is 10.1. The molecule has 16 heavy (non-hydrogen) atoms. The second-order valence-corrected chi connectivity index (χ2v) is 5.16. The molecule has 0 aliphatic rings. The number of carbonyl (C=O) groups excluding carboxylic acids is 1. The van der Waals surface area contributed by atoms with Gasteiger partial charge in [-0.25, -0.2) is 4.98 Å². The highest BCUT2D eigenvalue weighted by molar-refractivity contribution is 9.10. The Morgan fingerprint density at radius 1 is 1.56 bits per heavy atom. The van der Waals surface area contributed by atoms with Crippen LogP contribution in [0.2, 0.25) is 0 Å². The number of nitrogens with two attached hydrogens (primary N) is 1. The van der Waals surface area contributed by atoms with Gasteiger partial charge in [-0.3, -0.25) is 4.79 Å². The molecule has 0 aromatic carbocycles. The molecule has 4 nitrogen and oxygen atoms in total. The van der Waals surface area contributed by atoms with Crippen LogP contribution in [0.3, 0.4) is 0 Å². The van der Waals surface area contributed by atoms with E-state index in [9.17, 15) is 4.79 Å². The molecular weight excluding hydrogens is 290 g/mol. The number of hydrogen-bond donors (Lipinski definition) is 2. The van der Waals surface area contributed by atoms with Gasteiger partial charge >= 0.3 is 0 Å². The molecule has 0 atom stereocenters. The zero-order chi connectivity index (χ0) is 12.3. The van der Waals surface area contributed by atoms with Crippen molar-refractivity contribution in [3.63, 3.8) is 0 Å². The molecule has 0 spiro atoms. The molecule has 0 fully saturated rings. The Bertz CT molecular complexity index is 417. The minimum atomic E-state index is -0.721. The van der Waals surface area contributed by atoms with Crippen molar-refractivity contribution in [2.24, 2.45) is 5.73 Å². The van der Waals surface area contributed by atoms with E-state index in [0.29, 0.717) is 5.69 Å².